The van der Waals surface area contributed by atoms with E-state index in [1.807, 2.05) is 18.2 Å². The zero-order chi connectivity index (χ0) is 32.6. The van der Waals surface area contributed by atoms with E-state index in [1.165, 1.54) is 12.1 Å². The predicted molar refractivity (Wildman–Crippen MR) is 168 cm³/mol. The van der Waals surface area contributed by atoms with Crippen LogP contribution in [0.4, 0.5) is 18.9 Å². The lowest BCUT2D eigenvalue weighted by atomic mass is 9.68. The number of aryl methyl sites for hydroxylation is 1. The van der Waals surface area contributed by atoms with Crippen LogP contribution in [0, 0.1) is 11.8 Å². The molecule has 12 heteroatoms. The number of carbonyl (C=O) groups excluding carboxylic acids is 1. The van der Waals surface area contributed by atoms with Gasteiger partial charge in [-0.15, -0.1) is 13.2 Å². The fraction of sp³-hybridized carbons (Fsp3) is 0.485. The van der Waals surface area contributed by atoms with Crippen molar-refractivity contribution in [3.8, 4) is 5.75 Å². The van der Waals surface area contributed by atoms with Crippen molar-refractivity contribution in [3.63, 3.8) is 0 Å². The van der Waals surface area contributed by atoms with E-state index < -0.39 is 45.3 Å². The third-order valence-corrected chi connectivity index (χ3v) is 11.4. The number of benzene rings is 2. The Morgan fingerprint density at radius 3 is 2.60 bits per heavy atom. The van der Waals surface area contributed by atoms with Gasteiger partial charge in [-0.1, -0.05) is 29.8 Å². The summed E-state index contributed by atoms with van der Waals surface area (Å²) in [5.41, 5.74) is 2.30. The molecule has 45 heavy (non-hydrogen) atoms. The number of hydrogen-bond donors (Lipinski definition) is 2. The van der Waals surface area contributed by atoms with Crippen LogP contribution in [0.2, 0.25) is 5.02 Å². The molecule has 2 aliphatic carbocycles. The van der Waals surface area contributed by atoms with Crippen LogP contribution in [0.15, 0.2) is 61.7 Å². The fourth-order valence-electron chi connectivity index (χ4n) is 7.06. The third kappa shape index (κ3) is 6.90. The van der Waals surface area contributed by atoms with Crippen LogP contribution in [0.3, 0.4) is 0 Å². The summed E-state index contributed by atoms with van der Waals surface area (Å²) in [5, 5.41) is 8.60. The highest BCUT2D eigenvalue weighted by Gasteiger charge is 2.49. The maximum atomic E-state index is 13.5. The van der Waals surface area contributed by atoms with E-state index in [0.717, 1.165) is 49.3 Å². The second-order valence-electron chi connectivity index (χ2n) is 12.4. The van der Waals surface area contributed by atoms with Crippen molar-refractivity contribution >= 4 is 33.2 Å². The average molecular weight is 667 g/mol. The minimum atomic E-state index is -5.11. The van der Waals surface area contributed by atoms with E-state index in [0.29, 0.717) is 42.6 Å². The molecule has 2 N–H and O–H groups in total. The lowest BCUT2D eigenvalue weighted by molar-refractivity contribution is -0.129. The Bertz CT molecular complexity index is 1570. The van der Waals surface area contributed by atoms with E-state index in [2.05, 4.69) is 18.1 Å². The molecule has 1 aliphatic heterocycles. The summed E-state index contributed by atoms with van der Waals surface area (Å²) in [6.07, 6.45) is 0.910. The number of nitrogens with one attached hydrogen (secondary N) is 1. The lowest BCUT2D eigenvalue weighted by Crippen LogP contribution is -2.49. The smallest absolute Gasteiger partial charge is 0.407 e. The molecule has 2 aromatic carbocycles. The Balaban J connectivity index is 1.50. The van der Waals surface area contributed by atoms with Gasteiger partial charge in [0, 0.05) is 29.1 Å². The number of amides is 1. The second-order valence-corrected chi connectivity index (χ2v) is 14.7. The van der Waals surface area contributed by atoms with E-state index in [4.69, 9.17) is 16.3 Å². The van der Waals surface area contributed by atoms with Crippen molar-refractivity contribution in [2.75, 3.05) is 24.6 Å². The van der Waals surface area contributed by atoms with E-state index in [1.54, 1.807) is 16.9 Å². The van der Waals surface area contributed by atoms with Crippen molar-refractivity contribution in [2.45, 2.75) is 67.9 Å². The van der Waals surface area contributed by atoms with Crippen LogP contribution >= 0.6 is 11.6 Å². The predicted octanol–water partition coefficient (Wildman–Crippen LogP) is 6.34. The molecule has 0 radical (unpaired) electrons. The number of nitrogens with zero attached hydrogens (tertiary/aromatic N) is 1. The SMILES string of the molecule is C=CCC(O)[C@@H]1CC[C@H]1CN1C[C@@]2(CCCc3cc(Cl)ccc32)COc2ccc(C(=O)NS(=O)(=O)C(CC=C)C(F)(F)F)cc21. The van der Waals surface area contributed by atoms with Gasteiger partial charge in [0.15, 0.2) is 5.25 Å². The number of carbonyl (C=O) groups is 1. The number of anilines is 1. The first-order chi connectivity index (χ1) is 21.3. The van der Waals surface area contributed by atoms with Crippen LogP contribution in [0.5, 0.6) is 5.75 Å². The summed E-state index contributed by atoms with van der Waals surface area (Å²) in [4.78, 5) is 15.3. The quantitative estimate of drug-likeness (QED) is 0.287. The van der Waals surface area contributed by atoms with Gasteiger partial charge in [0.1, 0.15) is 5.75 Å². The van der Waals surface area contributed by atoms with Gasteiger partial charge >= 0.3 is 6.18 Å². The summed E-state index contributed by atoms with van der Waals surface area (Å²) in [5.74, 6) is -0.490. The largest absolute Gasteiger partial charge is 0.490 e. The highest BCUT2D eigenvalue weighted by molar-refractivity contribution is 7.90. The molecule has 0 bridgehead atoms. The van der Waals surface area contributed by atoms with E-state index in [9.17, 15) is 31.5 Å². The minimum absolute atomic E-state index is 0.0600. The normalized spacial score (nSPS) is 24.2. The molecule has 2 aromatic rings. The van der Waals surface area contributed by atoms with Crippen molar-refractivity contribution in [1.29, 1.82) is 0 Å². The van der Waals surface area contributed by atoms with Crippen LogP contribution in [0.1, 0.15) is 60.0 Å². The van der Waals surface area contributed by atoms with Crippen molar-refractivity contribution in [1.82, 2.24) is 4.72 Å². The summed E-state index contributed by atoms with van der Waals surface area (Å²) >= 11 is 6.34. The summed E-state index contributed by atoms with van der Waals surface area (Å²) in [6.45, 7) is 8.39. The number of sulfonamides is 1. The zero-order valence-corrected chi connectivity index (χ0v) is 26.4. The molecule has 5 rings (SSSR count). The van der Waals surface area contributed by atoms with Gasteiger partial charge in [-0.2, -0.15) is 13.2 Å². The van der Waals surface area contributed by atoms with Gasteiger partial charge < -0.3 is 14.7 Å². The molecule has 1 saturated carbocycles. The molecule has 5 atom stereocenters. The number of aliphatic hydroxyl groups excluding tert-OH is 1. The Kier molecular flexibility index (Phi) is 9.63. The molecular formula is C33H38ClF3N2O5S. The highest BCUT2D eigenvalue weighted by atomic mass is 35.5. The van der Waals surface area contributed by atoms with Gasteiger partial charge in [-0.3, -0.25) is 4.79 Å². The van der Waals surface area contributed by atoms with E-state index >= 15 is 0 Å². The number of alkyl halides is 3. The first-order valence-electron chi connectivity index (χ1n) is 15.1. The summed E-state index contributed by atoms with van der Waals surface area (Å²) in [7, 11) is -5.11. The van der Waals surface area contributed by atoms with Gasteiger partial charge in [0.25, 0.3) is 5.91 Å². The average Bonchev–Trinajstić information content (AvgIpc) is 3.10. The molecule has 1 spiro atoms. The number of rotatable bonds is 10. The molecule has 0 aromatic heterocycles. The van der Waals surface area contributed by atoms with Gasteiger partial charge in [0.2, 0.25) is 10.0 Å². The number of halogens is 4. The molecule has 3 aliphatic rings. The monoisotopic (exact) mass is 666 g/mol. The molecule has 2 unspecified atom stereocenters. The zero-order valence-electron chi connectivity index (χ0n) is 24.9. The van der Waals surface area contributed by atoms with Crippen LogP contribution in [-0.2, 0) is 21.9 Å². The molecule has 1 heterocycles. The Hall–Kier alpha value is -3.02. The van der Waals surface area contributed by atoms with Crippen molar-refractivity contribution < 1.29 is 36.2 Å². The number of ether oxygens (including phenoxy) is 1. The number of allylic oxidation sites excluding steroid dienone is 1. The van der Waals surface area contributed by atoms with Crippen molar-refractivity contribution in [3.05, 3.63) is 83.4 Å². The van der Waals surface area contributed by atoms with Crippen LogP contribution in [-0.4, -0.2) is 56.7 Å². The fourth-order valence-corrected chi connectivity index (χ4v) is 8.51. The number of fused-ring (bicyclic) bond motifs is 3. The van der Waals surface area contributed by atoms with Gasteiger partial charge in [-0.05, 0) is 98.2 Å². The van der Waals surface area contributed by atoms with Crippen LogP contribution in [0.25, 0.3) is 0 Å². The summed E-state index contributed by atoms with van der Waals surface area (Å²) < 4.78 is 74.0. The van der Waals surface area contributed by atoms with Gasteiger partial charge in [0.05, 0.1) is 18.4 Å². The third-order valence-electron chi connectivity index (χ3n) is 9.49. The Labute approximate surface area is 267 Å². The number of hydrogen-bond acceptors (Lipinski definition) is 6. The Morgan fingerprint density at radius 2 is 1.93 bits per heavy atom. The van der Waals surface area contributed by atoms with E-state index in [-0.39, 0.29) is 17.4 Å². The maximum Gasteiger partial charge on any atom is 0.407 e. The molecule has 7 nitrogen and oxygen atoms in total. The summed E-state index contributed by atoms with van der Waals surface area (Å²) in [6, 6.07) is 10.3. The number of aliphatic hydroxyl groups is 1. The molecular weight excluding hydrogens is 629 g/mol. The maximum absolute atomic E-state index is 13.5. The Morgan fingerprint density at radius 1 is 1.18 bits per heavy atom. The molecule has 1 amide bonds. The van der Waals surface area contributed by atoms with Crippen molar-refractivity contribution in [2.24, 2.45) is 11.8 Å². The molecule has 1 fully saturated rings. The molecule has 0 saturated heterocycles. The highest BCUT2D eigenvalue weighted by Crippen LogP contribution is 2.47. The molecule has 244 valence electrons. The standard InChI is InChI=1S/C33H38ClF3N2O5S/c1-3-6-28(40)25-12-9-23(25)18-39-19-32(15-5-8-21-16-24(34)11-13-26(21)32)20-44-29-14-10-22(17-27(29)39)31(41)38-45(42,43)30(7-4-2)33(35,36)37/h3-4,10-11,13-14,16-17,23,25,28,30,40H,1-2,5-9,12,15,18-20H2,(H,38,41)/t23-,25+,28?,30?,32-/m0/s1. The minimum Gasteiger partial charge on any atom is -0.490 e. The lowest BCUT2D eigenvalue weighted by Gasteiger charge is -2.45. The second kappa shape index (κ2) is 13.0. The first-order valence-corrected chi connectivity index (χ1v) is 17.0. The first kappa shape index (κ1) is 33.3. The van der Waals surface area contributed by atoms with Gasteiger partial charge in [-0.25, -0.2) is 13.1 Å². The topological polar surface area (TPSA) is 95.9 Å². The van der Waals surface area contributed by atoms with Crippen LogP contribution < -0.4 is 14.4 Å².